The highest BCUT2D eigenvalue weighted by atomic mass is 79.9. The van der Waals surface area contributed by atoms with E-state index in [4.69, 9.17) is 4.74 Å². The Morgan fingerprint density at radius 3 is 2.12 bits per heavy atom. The van der Waals surface area contributed by atoms with Crippen LogP contribution in [0.25, 0.3) is 0 Å². The minimum Gasteiger partial charge on any atom is -0.496 e. The van der Waals surface area contributed by atoms with Gasteiger partial charge < -0.3 is 4.74 Å². The van der Waals surface area contributed by atoms with Gasteiger partial charge in [0.25, 0.3) is 0 Å². The summed E-state index contributed by atoms with van der Waals surface area (Å²) in [7, 11) is 1.34. The second-order valence-electron chi connectivity index (χ2n) is 4.76. The van der Waals surface area contributed by atoms with Gasteiger partial charge in [-0.2, -0.15) is 18.3 Å². The Kier molecular flexibility index (Phi) is 5.79. The van der Waals surface area contributed by atoms with Crippen LogP contribution in [0.4, 0.5) is 36.4 Å². The Labute approximate surface area is 150 Å². The standard InChI is InChI=1S/C15H8BrF7N2O/c1-26-8-3-2-7(16)4-6(8)5-24-25-14-12(19)10(17)9(15(21,22)23)11(18)13(14)20/h2-5,25H,1H3. The maximum absolute atomic E-state index is 13.7. The van der Waals surface area contributed by atoms with Crippen LogP contribution in [0.15, 0.2) is 27.8 Å². The van der Waals surface area contributed by atoms with Gasteiger partial charge in [-0.1, -0.05) is 15.9 Å². The SMILES string of the molecule is COc1ccc(Br)cc1C=NNc1c(F)c(F)c(C(F)(F)F)c(F)c1F. The second-order valence-corrected chi connectivity index (χ2v) is 5.68. The van der Waals surface area contributed by atoms with Crippen LogP contribution in [0, 0.1) is 23.3 Å². The Balaban J connectivity index is 2.41. The van der Waals surface area contributed by atoms with E-state index in [-0.39, 0.29) is 0 Å². The first-order chi connectivity index (χ1) is 12.1. The van der Waals surface area contributed by atoms with Crippen LogP contribution in [0.5, 0.6) is 5.75 Å². The average molecular weight is 445 g/mol. The van der Waals surface area contributed by atoms with Gasteiger partial charge in [-0.25, -0.2) is 17.6 Å². The van der Waals surface area contributed by atoms with Crippen LogP contribution >= 0.6 is 15.9 Å². The van der Waals surface area contributed by atoms with E-state index in [9.17, 15) is 30.7 Å². The molecule has 0 aliphatic rings. The van der Waals surface area contributed by atoms with E-state index in [0.29, 0.717) is 15.8 Å². The lowest BCUT2D eigenvalue weighted by molar-refractivity contribution is -0.143. The van der Waals surface area contributed by atoms with Crippen LogP contribution in [-0.4, -0.2) is 13.3 Å². The lowest BCUT2D eigenvalue weighted by atomic mass is 10.1. The van der Waals surface area contributed by atoms with Crippen LogP contribution in [0.3, 0.4) is 0 Å². The molecule has 2 aromatic carbocycles. The molecule has 0 aliphatic carbocycles. The van der Waals surface area contributed by atoms with Crippen LogP contribution in [0.1, 0.15) is 11.1 Å². The van der Waals surface area contributed by atoms with Gasteiger partial charge in [0.2, 0.25) is 0 Å². The third kappa shape index (κ3) is 3.92. The maximum Gasteiger partial charge on any atom is 0.422 e. The monoisotopic (exact) mass is 444 g/mol. The number of rotatable bonds is 4. The minimum atomic E-state index is -5.61. The zero-order valence-electron chi connectivity index (χ0n) is 12.7. The summed E-state index contributed by atoms with van der Waals surface area (Å²) >= 11 is 3.17. The summed E-state index contributed by atoms with van der Waals surface area (Å²) in [5.41, 5.74) is -2.19. The van der Waals surface area contributed by atoms with Gasteiger partial charge in [-0.05, 0) is 18.2 Å². The number of anilines is 1. The van der Waals surface area contributed by atoms with Crippen molar-refractivity contribution in [1.29, 1.82) is 0 Å². The van der Waals surface area contributed by atoms with Gasteiger partial charge >= 0.3 is 6.18 Å². The van der Waals surface area contributed by atoms with E-state index in [1.165, 1.54) is 19.2 Å². The van der Waals surface area contributed by atoms with Gasteiger partial charge in [0.05, 0.1) is 13.3 Å². The summed E-state index contributed by atoms with van der Waals surface area (Å²) in [5.74, 6) is -9.35. The molecule has 0 fully saturated rings. The highest BCUT2D eigenvalue weighted by molar-refractivity contribution is 9.10. The van der Waals surface area contributed by atoms with Gasteiger partial charge in [0.15, 0.2) is 23.3 Å². The van der Waals surface area contributed by atoms with Crippen molar-refractivity contribution in [1.82, 2.24) is 0 Å². The van der Waals surface area contributed by atoms with Crippen LogP contribution in [-0.2, 0) is 6.18 Å². The Hall–Kier alpha value is -2.30. The molecule has 0 unspecified atom stereocenters. The third-order valence-corrected chi connectivity index (χ3v) is 3.61. The molecule has 0 atom stereocenters. The number of methoxy groups -OCH3 is 1. The van der Waals surface area contributed by atoms with Crippen molar-refractivity contribution in [2.24, 2.45) is 5.10 Å². The van der Waals surface area contributed by atoms with Crippen molar-refractivity contribution in [3.8, 4) is 5.75 Å². The first-order valence-electron chi connectivity index (χ1n) is 6.63. The molecule has 11 heteroatoms. The van der Waals surface area contributed by atoms with E-state index in [1.54, 1.807) is 11.5 Å². The summed E-state index contributed by atoms with van der Waals surface area (Å²) in [6.07, 6.45) is -4.61. The van der Waals surface area contributed by atoms with E-state index in [1.807, 2.05) is 0 Å². The van der Waals surface area contributed by atoms with Crippen molar-refractivity contribution in [3.63, 3.8) is 0 Å². The van der Waals surface area contributed by atoms with Crippen molar-refractivity contribution in [2.75, 3.05) is 12.5 Å². The fourth-order valence-electron chi connectivity index (χ4n) is 1.95. The first-order valence-corrected chi connectivity index (χ1v) is 7.43. The van der Waals surface area contributed by atoms with Gasteiger partial charge in [0.1, 0.15) is 17.0 Å². The van der Waals surface area contributed by atoms with Crippen molar-refractivity contribution < 1.29 is 35.5 Å². The minimum absolute atomic E-state index is 0.308. The molecule has 2 aromatic rings. The molecule has 3 nitrogen and oxygen atoms in total. The molecular weight excluding hydrogens is 437 g/mol. The molecule has 0 spiro atoms. The molecule has 0 saturated heterocycles. The fourth-order valence-corrected chi connectivity index (χ4v) is 2.33. The van der Waals surface area contributed by atoms with Crippen LogP contribution < -0.4 is 10.2 Å². The highest BCUT2D eigenvalue weighted by Gasteiger charge is 2.42. The Morgan fingerprint density at radius 1 is 1.04 bits per heavy atom. The van der Waals surface area contributed by atoms with Gasteiger partial charge in [-0.3, -0.25) is 5.43 Å². The first kappa shape index (κ1) is 20.0. The molecule has 26 heavy (non-hydrogen) atoms. The molecule has 140 valence electrons. The number of nitrogens with zero attached hydrogens (tertiary/aromatic N) is 1. The molecule has 0 saturated carbocycles. The summed E-state index contributed by atoms with van der Waals surface area (Å²) < 4.78 is 97.6. The van der Waals surface area contributed by atoms with E-state index in [0.717, 1.165) is 6.21 Å². The maximum atomic E-state index is 13.7. The third-order valence-electron chi connectivity index (χ3n) is 3.12. The molecule has 0 radical (unpaired) electrons. The predicted molar refractivity (Wildman–Crippen MR) is 83.2 cm³/mol. The fraction of sp³-hybridized carbons (Fsp3) is 0.133. The molecule has 1 N–H and O–H groups in total. The quantitative estimate of drug-likeness (QED) is 0.293. The number of nitrogens with one attached hydrogen (secondary N) is 1. The van der Waals surface area contributed by atoms with Gasteiger partial charge in [-0.15, -0.1) is 0 Å². The summed E-state index contributed by atoms with van der Waals surface area (Å²) in [6, 6.07) is 4.66. The number of alkyl halides is 3. The smallest absolute Gasteiger partial charge is 0.422 e. The largest absolute Gasteiger partial charge is 0.496 e. The normalized spacial score (nSPS) is 11.9. The van der Waals surface area contributed by atoms with Crippen LogP contribution in [0.2, 0.25) is 0 Å². The number of halogens is 8. The number of hydrogen-bond donors (Lipinski definition) is 1. The topological polar surface area (TPSA) is 33.6 Å². The molecule has 0 amide bonds. The average Bonchev–Trinajstić information content (AvgIpc) is 2.55. The summed E-state index contributed by atoms with van der Waals surface area (Å²) in [4.78, 5) is 0. The van der Waals surface area contributed by atoms with E-state index >= 15 is 0 Å². The summed E-state index contributed by atoms with van der Waals surface area (Å²) in [5, 5.41) is 3.39. The molecule has 0 heterocycles. The number of ether oxygens (including phenoxy) is 1. The van der Waals surface area contributed by atoms with Crippen molar-refractivity contribution in [2.45, 2.75) is 6.18 Å². The molecule has 2 rings (SSSR count). The zero-order chi connectivity index (χ0) is 19.6. The Morgan fingerprint density at radius 2 is 1.62 bits per heavy atom. The molecule has 0 aliphatic heterocycles. The lowest BCUT2D eigenvalue weighted by Crippen LogP contribution is -2.16. The number of hydrogen-bond acceptors (Lipinski definition) is 3. The predicted octanol–water partition coefficient (Wildman–Crippen LogP) is 5.48. The lowest BCUT2D eigenvalue weighted by Gasteiger charge is -2.13. The highest BCUT2D eigenvalue weighted by Crippen LogP contribution is 2.38. The molecular formula is C15H8BrF7N2O. The number of hydrazone groups is 1. The van der Waals surface area contributed by atoms with Gasteiger partial charge in [0, 0.05) is 10.0 Å². The summed E-state index contributed by atoms with van der Waals surface area (Å²) in [6.45, 7) is 0. The second kappa shape index (κ2) is 7.52. The van der Waals surface area contributed by atoms with E-state index < -0.39 is 40.7 Å². The number of benzene rings is 2. The van der Waals surface area contributed by atoms with Crippen molar-refractivity contribution >= 4 is 27.8 Å². The molecule has 0 bridgehead atoms. The molecule has 0 aromatic heterocycles. The zero-order valence-corrected chi connectivity index (χ0v) is 14.3. The van der Waals surface area contributed by atoms with E-state index in [2.05, 4.69) is 21.0 Å². The Bertz CT molecular complexity index is 839. The van der Waals surface area contributed by atoms with Crippen molar-refractivity contribution in [3.05, 3.63) is 57.1 Å².